The van der Waals surface area contributed by atoms with E-state index in [1.54, 1.807) is 12.1 Å². The molecule has 1 aromatic carbocycles. The van der Waals surface area contributed by atoms with Crippen molar-refractivity contribution in [1.29, 1.82) is 0 Å². The van der Waals surface area contributed by atoms with Gasteiger partial charge < -0.3 is 10.4 Å². The third-order valence-electron chi connectivity index (χ3n) is 3.66. The standard InChI is InChI=1S/C14H18N2O4S/c1-2-15-14(13(17)18,10-3-4-10)9-21-12-7-5-11(6-8-12)16(19)20/h5-8,10,15H,2-4,9H2,1H3,(H,17,18). The van der Waals surface area contributed by atoms with E-state index in [9.17, 15) is 20.0 Å². The van der Waals surface area contributed by atoms with Crippen molar-refractivity contribution in [3.8, 4) is 0 Å². The quantitative estimate of drug-likeness (QED) is 0.435. The molecule has 2 rings (SSSR count). The van der Waals surface area contributed by atoms with Crippen molar-refractivity contribution in [2.45, 2.75) is 30.2 Å². The van der Waals surface area contributed by atoms with Gasteiger partial charge in [0.1, 0.15) is 5.54 Å². The first-order chi connectivity index (χ1) is 9.99. The number of carboxylic acids is 1. The second-order valence-electron chi connectivity index (χ2n) is 5.12. The number of likely N-dealkylation sites (N-methyl/N-ethyl adjacent to an activating group) is 1. The van der Waals surface area contributed by atoms with Crippen molar-refractivity contribution in [3.63, 3.8) is 0 Å². The fourth-order valence-electron chi connectivity index (χ4n) is 2.38. The van der Waals surface area contributed by atoms with Gasteiger partial charge in [-0.1, -0.05) is 6.92 Å². The fraction of sp³-hybridized carbons (Fsp3) is 0.500. The van der Waals surface area contributed by atoms with Gasteiger partial charge >= 0.3 is 5.97 Å². The Morgan fingerprint density at radius 3 is 2.52 bits per heavy atom. The van der Waals surface area contributed by atoms with Crippen LogP contribution in [-0.2, 0) is 4.79 Å². The highest BCUT2D eigenvalue weighted by Gasteiger charge is 2.50. The van der Waals surface area contributed by atoms with E-state index < -0.39 is 16.4 Å². The molecule has 0 aromatic heterocycles. The maximum atomic E-state index is 11.7. The summed E-state index contributed by atoms with van der Waals surface area (Å²) in [5.41, 5.74) is -0.862. The average molecular weight is 310 g/mol. The SMILES string of the molecule is CCNC(CSc1ccc([N+](=O)[O-])cc1)(C(=O)O)C1CC1. The number of rotatable bonds is 8. The van der Waals surface area contributed by atoms with Crippen LogP contribution in [0.5, 0.6) is 0 Å². The summed E-state index contributed by atoms with van der Waals surface area (Å²) >= 11 is 1.42. The number of hydrogen-bond donors (Lipinski definition) is 2. The molecule has 114 valence electrons. The first kappa shape index (κ1) is 15.8. The van der Waals surface area contributed by atoms with E-state index in [-0.39, 0.29) is 11.6 Å². The summed E-state index contributed by atoms with van der Waals surface area (Å²) < 4.78 is 0. The van der Waals surface area contributed by atoms with Crippen LogP contribution in [0.25, 0.3) is 0 Å². The van der Waals surface area contributed by atoms with Crippen LogP contribution in [-0.4, -0.2) is 33.8 Å². The summed E-state index contributed by atoms with van der Waals surface area (Å²) in [6.45, 7) is 2.50. The van der Waals surface area contributed by atoms with E-state index in [0.717, 1.165) is 17.7 Å². The number of benzene rings is 1. The van der Waals surface area contributed by atoms with E-state index in [4.69, 9.17) is 0 Å². The Hall–Kier alpha value is -1.60. The number of thioether (sulfide) groups is 1. The molecule has 0 radical (unpaired) electrons. The fourth-order valence-corrected chi connectivity index (χ4v) is 3.56. The molecule has 1 unspecified atom stereocenters. The predicted molar refractivity (Wildman–Crippen MR) is 80.6 cm³/mol. The second kappa shape index (κ2) is 6.44. The molecule has 1 atom stereocenters. The number of hydrogen-bond acceptors (Lipinski definition) is 5. The number of nitrogens with zero attached hydrogens (tertiary/aromatic N) is 1. The molecular weight excluding hydrogens is 292 g/mol. The van der Waals surface area contributed by atoms with Crippen molar-refractivity contribution < 1.29 is 14.8 Å². The molecule has 7 heteroatoms. The van der Waals surface area contributed by atoms with E-state index in [1.807, 2.05) is 6.92 Å². The van der Waals surface area contributed by atoms with Crippen molar-refractivity contribution in [1.82, 2.24) is 5.32 Å². The molecule has 2 N–H and O–H groups in total. The Morgan fingerprint density at radius 2 is 2.10 bits per heavy atom. The van der Waals surface area contributed by atoms with E-state index in [2.05, 4.69) is 5.32 Å². The van der Waals surface area contributed by atoms with Gasteiger partial charge in [-0.3, -0.25) is 14.9 Å². The number of aliphatic carboxylic acids is 1. The van der Waals surface area contributed by atoms with Crippen LogP contribution < -0.4 is 5.32 Å². The van der Waals surface area contributed by atoms with Gasteiger partial charge in [0.2, 0.25) is 0 Å². The Kier molecular flexibility index (Phi) is 4.84. The topological polar surface area (TPSA) is 92.5 Å². The predicted octanol–water partition coefficient (Wildman–Crippen LogP) is 2.53. The third-order valence-corrected chi connectivity index (χ3v) is 4.87. The number of nitro groups is 1. The lowest BCUT2D eigenvalue weighted by atomic mass is 9.96. The lowest BCUT2D eigenvalue weighted by Crippen LogP contribution is -2.56. The molecule has 6 nitrogen and oxygen atoms in total. The summed E-state index contributed by atoms with van der Waals surface area (Å²) in [6.07, 6.45) is 1.86. The smallest absolute Gasteiger partial charge is 0.325 e. The minimum Gasteiger partial charge on any atom is -0.480 e. The number of carbonyl (C=O) groups is 1. The van der Waals surface area contributed by atoms with E-state index in [0.29, 0.717) is 12.3 Å². The second-order valence-corrected chi connectivity index (χ2v) is 6.17. The number of non-ortho nitro benzene ring substituents is 1. The maximum absolute atomic E-state index is 11.7. The normalized spacial score (nSPS) is 17.2. The Bertz CT molecular complexity index is 530. The Balaban J connectivity index is 2.07. The lowest BCUT2D eigenvalue weighted by molar-refractivity contribution is -0.384. The van der Waals surface area contributed by atoms with Crippen LogP contribution in [0.4, 0.5) is 5.69 Å². The molecule has 1 aromatic rings. The van der Waals surface area contributed by atoms with Gasteiger partial charge in [0.05, 0.1) is 4.92 Å². The highest BCUT2D eigenvalue weighted by Crippen LogP contribution is 2.42. The van der Waals surface area contributed by atoms with Crippen molar-refractivity contribution in [3.05, 3.63) is 34.4 Å². The van der Waals surface area contributed by atoms with Gasteiger partial charge in [-0.05, 0) is 37.4 Å². The molecule has 21 heavy (non-hydrogen) atoms. The molecule has 0 bridgehead atoms. The van der Waals surface area contributed by atoms with Gasteiger partial charge in [0.15, 0.2) is 0 Å². The molecule has 0 aliphatic heterocycles. The molecule has 0 saturated heterocycles. The molecule has 1 aliphatic carbocycles. The largest absolute Gasteiger partial charge is 0.480 e. The summed E-state index contributed by atoms with van der Waals surface area (Å²) in [5, 5.41) is 23.3. The van der Waals surface area contributed by atoms with Crippen LogP contribution in [0.2, 0.25) is 0 Å². The monoisotopic (exact) mass is 310 g/mol. The lowest BCUT2D eigenvalue weighted by Gasteiger charge is -2.30. The van der Waals surface area contributed by atoms with Crippen molar-refractivity contribution in [2.24, 2.45) is 5.92 Å². The minimum absolute atomic E-state index is 0.0396. The molecular formula is C14H18N2O4S. The van der Waals surface area contributed by atoms with Crippen molar-refractivity contribution >= 4 is 23.4 Å². The highest BCUT2D eigenvalue weighted by molar-refractivity contribution is 7.99. The summed E-state index contributed by atoms with van der Waals surface area (Å²) in [4.78, 5) is 22.7. The summed E-state index contributed by atoms with van der Waals surface area (Å²) in [5.74, 6) is -0.236. The van der Waals surface area contributed by atoms with Gasteiger partial charge in [0, 0.05) is 22.8 Å². The zero-order valence-corrected chi connectivity index (χ0v) is 12.6. The van der Waals surface area contributed by atoms with Gasteiger partial charge in [-0.25, -0.2) is 0 Å². The Labute approximate surface area is 127 Å². The minimum atomic E-state index is -0.902. The zero-order valence-electron chi connectivity index (χ0n) is 11.7. The molecule has 1 saturated carbocycles. The number of carboxylic acid groups (broad SMARTS) is 1. The van der Waals surface area contributed by atoms with Gasteiger partial charge in [-0.15, -0.1) is 11.8 Å². The van der Waals surface area contributed by atoms with E-state index >= 15 is 0 Å². The van der Waals surface area contributed by atoms with Crippen LogP contribution >= 0.6 is 11.8 Å². The molecule has 0 amide bonds. The third kappa shape index (κ3) is 3.54. The Morgan fingerprint density at radius 1 is 1.48 bits per heavy atom. The summed E-state index contributed by atoms with van der Waals surface area (Å²) in [6, 6.07) is 6.20. The number of nitrogens with one attached hydrogen (secondary N) is 1. The maximum Gasteiger partial charge on any atom is 0.325 e. The van der Waals surface area contributed by atoms with Gasteiger partial charge in [-0.2, -0.15) is 0 Å². The highest BCUT2D eigenvalue weighted by atomic mass is 32.2. The molecule has 1 aliphatic rings. The molecule has 0 heterocycles. The van der Waals surface area contributed by atoms with Gasteiger partial charge in [0.25, 0.3) is 5.69 Å². The van der Waals surface area contributed by atoms with E-state index in [1.165, 1.54) is 23.9 Å². The van der Waals surface area contributed by atoms with Crippen LogP contribution in [0, 0.1) is 16.0 Å². The van der Waals surface area contributed by atoms with Crippen LogP contribution in [0.3, 0.4) is 0 Å². The molecule has 1 fully saturated rings. The molecule has 0 spiro atoms. The summed E-state index contributed by atoms with van der Waals surface area (Å²) in [7, 11) is 0. The average Bonchev–Trinajstić information content (AvgIpc) is 3.28. The van der Waals surface area contributed by atoms with Crippen LogP contribution in [0.1, 0.15) is 19.8 Å². The van der Waals surface area contributed by atoms with Crippen LogP contribution in [0.15, 0.2) is 29.2 Å². The first-order valence-electron chi connectivity index (χ1n) is 6.85. The first-order valence-corrected chi connectivity index (χ1v) is 7.84. The zero-order chi connectivity index (χ0) is 15.5. The number of nitro benzene ring substituents is 1. The van der Waals surface area contributed by atoms with Crippen molar-refractivity contribution in [2.75, 3.05) is 12.3 Å².